The van der Waals surface area contributed by atoms with Crippen molar-refractivity contribution in [1.82, 2.24) is 4.31 Å². The molecule has 1 amide bonds. The lowest BCUT2D eigenvalue weighted by Gasteiger charge is -2.31. The fourth-order valence-electron chi connectivity index (χ4n) is 4.38. The van der Waals surface area contributed by atoms with E-state index in [9.17, 15) is 31.2 Å². The Labute approximate surface area is 225 Å². The first-order valence-electron chi connectivity index (χ1n) is 12.0. The van der Waals surface area contributed by atoms with Crippen LogP contribution in [0.2, 0.25) is 5.02 Å². The van der Waals surface area contributed by atoms with Gasteiger partial charge in [-0.1, -0.05) is 17.7 Å². The number of benzene rings is 2. The van der Waals surface area contributed by atoms with Crippen LogP contribution in [-0.2, 0) is 30.5 Å². The molecule has 1 aliphatic rings. The lowest BCUT2D eigenvalue weighted by atomic mass is 9.98. The lowest BCUT2D eigenvalue weighted by molar-refractivity contribution is -0.158. The normalized spacial score (nSPS) is 16.2. The summed E-state index contributed by atoms with van der Waals surface area (Å²) in [6, 6.07) is 4.45. The second-order valence-corrected chi connectivity index (χ2v) is 11.8. The standard InChI is InChI=1S/C26H30ClF3N2O5S/c1-14-12-15(2)17(4)23(16(14)3)38(35,36)32-10-8-19(9-11-32)25(34)37-18(5)24(33)31-22-13-20(26(28,29)30)6-7-21(22)27/h6-7,12-13,18-19H,8-11H2,1-5H3,(H,31,33)/t18-/m1/s1. The molecule has 2 aromatic rings. The maximum atomic E-state index is 13.4. The minimum Gasteiger partial charge on any atom is -0.452 e. The molecule has 7 nitrogen and oxygen atoms in total. The fraction of sp³-hybridized carbons (Fsp3) is 0.462. The summed E-state index contributed by atoms with van der Waals surface area (Å²) >= 11 is 5.91. The van der Waals surface area contributed by atoms with Crippen molar-refractivity contribution in [3.63, 3.8) is 0 Å². The highest BCUT2D eigenvalue weighted by atomic mass is 35.5. The van der Waals surface area contributed by atoms with Crippen LogP contribution < -0.4 is 5.32 Å². The van der Waals surface area contributed by atoms with Gasteiger partial charge in [-0.25, -0.2) is 8.42 Å². The summed E-state index contributed by atoms with van der Waals surface area (Å²) in [7, 11) is -3.78. The van der Waals surface area contributed by atoms with Gasteiger partial charge in [-0.2, -0.15) is 17.5 Å². The number of rotatable bonds is 6. The van der Waals surface area contributed by atoms with Crippen LogP contribution in [-0.4, -0.2) is 43.8 Å². The van der Waals surface area contributed by atoms with E-state index in [1.165, 1.54) is 11.2 Å². The van der Waals surface area contributed by atoms with Gasteiger partial charge in [0.2, 0.25) is 10.0 Å². The van der Waals surface area contributed by atoms with Crippen molar-refractivity contribution >= 4 is 39.2 Å². The van der Waals surface area contributed by atoms with Gasteiger partial charge in [0.05, 0.1) is 27.1 Å². The van der Waals surface area contributed by atoms with Gasteiger partial charge in [0.25, 0.3) is 5.91 Å². The molecule has 208 valence electrons. The van der Waals surface area contributed by atoms with Crippen molar-refractivity contribution in [2.75, 3.05) is 18.4 Å². The number of anilines is 1. The molecule has 1 N–H and O–H groups in total. The Morgan fingerprint density at radius 1 is 1.05 bits per heavy atom. The van der Waals surface area contributed by atoms with Crippen LogP contribution in [0, 0.1) is 33.6 Å². The van der Waals surface area contributed by atoms with Crippen LogP contribution >= 0.6 is 11.6 Å². The first-order valence-corrected chi connectivity index (χ1v) is 13.8. The van der Waals surface area contributed by atoms with E-state index in [0.29, 0.717) is 17.2 Å². The first kappa shape index (κ1) is 29.9. The van der Waals surface area contributed by atoms with Gasteiger partial charge < -0.3 is 10.1 Å². The molecular formula is C26H30ClF3N2O5S. The largest absolute Gasteiger partial charge is 0.452 e. The van der Waals surface area contributed by atoms with Gasteiger partial charge in [0, 0.05) is 13.1 Å². The quantitative estimate of drug-likeness (QED) is 0.456. The summed E-state index contributed by atoms with van der Waals surface area (Å²) in [4.78, 5) is 25.5. The van der Waals surface area contributed by atoms with Crippen molar-refractivity contribution < 1.29 is 35.9 Å². The molecule has 0 aliphatic carbocycles. The highest BCUT2D eigenvalue weighted by Crippen LogP contribution is 2.34. The van der Waals surface area contributed by atoms with Gasteiger partial charge in [-0.15, -0.1) is 0 Å². The average Bonchev–Trinajstić information content (AvgIpc) is 2.83. The zero-order chi connectivity index (χ0) is 28.6. The van der Waals surface area contributed by atoms with Crippen molar-refractivity contribution in [3.8, 4) is 0 Å². The SMILES string of the molecule is Cc1cc(C)c(C)c(S(=O)(=O)N2CCC(C(=O)O[C@H](C)C(=O)Nc3cc(C(F)(F)F)ccc3Cl)CC2)c1C. The maximum Gasteiger partial charge on any atom is 0.416 e. The number of nitrogens with zero attached hydrogens (tertiary/aromatic N) is 1. The number of sulfonamides is 1. The predicted molar refractivity (Wildman–Crippen MR) is 138 cm³/mol. The van der Waals surface area contributed by atoms with E-state index in [1.807, 2.05) is 19.9 Å². The first-order chi connectivity index (χ1) is 17.5. The Morgan fingerprint density at radius 2 is 1.61 bits per heavy atom. The molecule has 0 unspecified atom stereocenters. The van der Waals surface area contributed by atoms with E-state index in [0.717, 1.165) is 23.3 Å². The zero-order valence-electron chi connectivity index (χ0n) is 21.7. The molecule has 1 atom stereocenters. The summed E-state index contributed by atoms with van der Waals surface area (Å²) < 4.78 is 72.4. The number of hydrogen-bond donors (Lipinski definition) is 1. The number of amides is 1. The molecule has 12 heteroatoms. The number of alkyl halides is 3. The second kappa shape index (κ2) is 11.2. The minimum absolute atomic E-state index is 0.104. The Bertz CT molecular complexity index is 1330. The van der Waals surface area contributed by atoms with E-state index in [2.05, 4.69) is 5.32 Å². The molecule has 0 spiro atoms. The van der Waals surface area contributed by atoms with Crippen LogP contribution in [0.25, 0.3) is 0 Å². The summed E-state index contributed by atoms with van der Waals surface area (Å²) in [5.74, 6) is -2.16. The smallest absolute Gasteiger partial charge is 0.416 e. The predicted octanol–water partition coefficient (Wildman–Crippen LogP) is 5.56. The van der Waals surface area contributed by atoms with Crippen molar-refractivity contribution in [1.29, 1.82) is 0 Å². The Balaban J connectivity index is 1.63. The number of hydrogen-bond acceptors (Lipinski definition) is 5. The monoisotopic (exact) mass is 574 g/mol. The second-order valence-electron chi connectivity index (χ2n) is 9.53. The van der Waals surface area contributed by atoms with E-state index in [1.54, 1.807) is 13.8 Å². The lowest BCUT2D eigenvalue weighted by Crippen LogP contribution is -2.42. The third kappa shape index (κ3) is 6.32. The van der Waals surface area contributed by atoms with E-state index >= 15 is 0 Å². The summed E-state index contributed by atoms with van der Waals surface area (Å²) in [5, 5.41) is 2.16. The van der Waals surface area contributed by atoms with Gasteiger partial charge >= 0.3 is 12.1 Å². The van der Waals surface area contributed by atoms with Crippen molar-refractivity contribution in [2.45, 2.75) is 64.6 Å². The molecule has 1 saturated heterocycles. The summed E-state index contributed by atoms with van der Waals surface area (Å²) in [6.07, 6.45) is -5.53. The topological polar surface area (TPSA) is 92.8 Å². The molecule has 2 aromatic carbocycles. The van der Waals surface area contributed by atoms with Gasteiger partial charge in [-0.3, -0.25) is 9.59 Å². The van der Waals surface area contributed by atoms with Gasteiger partial charge in [0.1, 0.15) is 0 Å². The van der Waals surface area contributed by atoms with E-state index in [-0.39, 0.29) is 41.5 Å². The molecule has 1 aliphatic heterocycles. The number of halogens is 4. The highest BCUT2D eigenvalue weighted by Gasteiger charge is 2.36. The van der Waals surface area contributed by atoms with Crippen molar-refractivity contribution in [2.24, 2.45) is 5.92 Å². The number of esters is 1. The number of carbonyl (C=O) groups is 2. The Hall–Kier alpha value is -2.63. The van der Waals surface area contributed by atoms with Crippen molar-refractivity contribution in [3.05, 3.63) is 57.1 Å². The highest BCUT2D eigenvalue weighted by molar-refractivity contribution is 7.89. The minimum atomic E-state index is -4.62. The third-order valence-corrected chi connectivity index (χ3v) is 9.40. The van der Waals surface area contributed by atoms with E-state index < -0.39 is 45.7 Å². The molecule has 0 radical (unpaired) electrons. The maximum absolute atomic E-state index is 13.4. The van der Waals surface area contributed by atoms with Crippen LogP contribution in [0.5, 0.6) is 0 Å². The van der Waals surface area contributed by atoms with E-state index in [4.69, 9.17) is 16.3 Å². The summed E-state index contributed by atoms with van der Waals surface area (Å²) in [6.45, 7) is 8.78. The number of carbonyl (C=O) groups excluding carboxylic acids is 2. The van der Waals surface area contributed by atoms with Crippen LogP contribution in [0.1, 0.15) is 47.6 Å². The Kier molecular flexibility index (Phi) is 8.84. The molecule has 1 heterocycles. The fourth-order valence-corrected chi connectivity index (χ4v) is 6.59. The summed E-state index contributed by atoms with van der Waals surface area (Å²) in [5.41, 5.74) is 1.89. The van der Waals surface area contributed by atoms with Crippen LogP contribution in [0.15, 0.2) is 29.2 Å². The van der Waals surface area contributed by atoms with Gasteiger partial charge in [0.15, 0.2) is 6.10 Å². The molecule has 1 fully saturated rings. The number of nitrogens with one attached hydrogen (secondary N) is 1. The van der Waals surface area contributed by atoms with Gasteiger partial charge in [-0.05, 0) is 87.9 Å². The number of piperidine rings is 1. The van der Waals surface area contributed by atoms with Crippen LogP contribution in [0.3, 0.4) is 0 Å². The molecule has 0 bridgehead atoms. The number of aryl methyl sites for hydroxylation is 2. The average molecular weight is 575 g/mol. The molecule has 0 saturated carbocycles. The van der Waals surface area contributed by atoms with Crippen LogP contribution in [0.4, 0.5) is 18.9 Å². The molecular weight excluding hydrogens is 545 g/mol. The molecule has 0 aromatic heterocycles. The zero-order valence-corrected chi connectivity index (χ0v) is 23.3. The number of ether oxygens (including phenoxy) is 1. The molecule has 38 heavy (non-hydrogen) atoms. The third-order valence-electron chi connectivity index (χ3n) is 6.90. The Morgan fingerprint density at radius 3 is 2.13 bits per heavy atom. The molecule has 3 rings (SSSR count).